The van der Waals surface area contributed by atoms with Crippen LogP contribution < -0.4 is 5.32 Å². The molecule has 2 aliphatic heterocycles. The van der Waals surface area contributed by atoms with Crippen molar-refractivity contribution in [1.29, 1.82) is 0 Å². The van der Waals surface area contributed by atoms with Gasteiger partial charge in [0.2, 0.25) is 0 Å². The van der Waals surface area contributed by atoms with Crippen LogP contribution in [0.5, 0.6) is 0 Å². The zero-order valence-corrected chi connectivity index (χ0v) is 18.0. The summed E-state index contributed by atoms with van der Waals surface area (Å²) in [6.45, 7) is 2.76. The van der Waals surface area contributed by atoms with E-state index in [1.807, 2.05) is 31.2 Å². The van der Waals surface area contributed by atoms with Gasteiger partial charge in [-0.15, -0.1) is 5.06 Å². The molecule has 1 fully saturated rings. The van der Waals surface area contributed by atoms with Crippen LogP contribution in [-0.2, 0) is 15.9 Å². The van der Waals surface area contributed by atoms with E-state index in [0.717, 1.165) is 29.0 Å². The monoisotopic (exact) mass is 467 g/mol. The fourth-order valence-electron chi connectivity index (χ4n) is 3.79. The van der Waals surface area contributed by atoms with Crippen LogP contribution in [0.4, 0.5) is 23.7 Å². The fourth-order valence-corrected chi connectivity index (χ4v) is 3.96. The van der Waals surface area contributed by atoms with E-state index >= 15 is 0 Å². The second-order valence-corrected chi connectivity index (χ2v) is 8.41. The number of hydrogen-bond donors (Lipinski definition) is 1. The molecule has 0 atom stereocenters. The van der Waals surface area contributed by atoms with Gasteiger partial charge in [-0.2, -0.15) is 13.2 Å². The molecule has 0 aliphatic carbocycles. The van der Waals surface area contributed by atoms with Crippen molar-refractivity contribution in [2.75, 3.05) is 18.4 Å². The van der Waals surface area contributed by atoms with E-state index < -0.39 is 29.1 Å². The number of piperidine rings is 1. The molecule has 1 spiro atoms. The molecule has 2 aliphatic rings. The van der Waals surface area contributed by atoms with Gasteiger partial charge < -0.3 is 9.68 Å². The van der Waals surface area contributed by atoms with Gasteiger partial charge in [0.25, 0.3) is 0 Å². The molecule has 32 heavy (non-hydrogen) atoms. The van der Waals surface area contributed by atoms with E-state index in [4.69, 9.17) is 21.3 Å². The Bertz CT molecular complexity index is 1030. The number of carbonyl (C=O) groups excluding carboxylic acids is 1. The van der Waals surface area contributed by atoms with Gasteiger partial charge in [0.15, 0.2) is 0 Å². The highest BCUT2D eigenvalue weighted by Gasteiger charge is 2.43. The average Bonchev–Trinajstić information content (AvgIpc) is 3.15. The van der Waals surface area contributed by atoms with Gasteiger partial charge in [-0.25, -0.2) is 4.79 Å². The maximum atomic E-state index is 13.2. The number of hydrogen-bond acceptors (Lipinski definition) is 5. The summed E-state index contributed by atoms with van der Waals surface area (Å²) < 4.78 is 39.6. The van der Waals surface area contributed by atoms with Crippen molar-refractivity contribution in [1.82, 2.24) is 5.06 Å². The summed E-state index contributed by atoms with van der Waals surface area (Å²) in [7, 11) is 0. The van der Waals surface area contributed by atoms with E-state index in [2.05, 4.69) is 10.5 Å². The van der Waals surface area contributed by atoms with Gasteiger partial charge in [0.1, 0.15) is 5.60 Å². The predicted octanol–water partition coefficient (Wildman–Crippen LogP) is 5.79. The van der Waals surface area contributed by atoms with E-state index in [-0.39, 0.29) is 5.02 Å². The predicted molar refractivity (Wildman–Crippen MR) is 114 cm³/mol. The van der Waals surface area contributed by atoms with Gasteiger partial charge in [-0.3, -0.25) is 5.32 Å². The zero-order chi connectivity index (χ0) is 22.9. The van der Waals surface area contributed by atoms with Crippen LogP contribution in [0.2, 0.25) is 5.02 Å². The molecule has 2 heterocycles. The van der Waals surface area contributed by atoms with Crippen LogP contribution >= 0.6 is 11.6 Å². The maximum Gasteiger partial charge on any atom is 0.430 e. The summed E-state index contributed by atoms with van der Waals surface area (Å²) in [4.78, 5) is 23.2. The first-order chi connectivity index (χ1) is 15.1. The first-order valence-electron chi connectivity index (χ1n) is 10.1. The third kappa shape index (κ3) is 4.99. The van der Waals surface area contributed by atoms with Gasteiger partial charge in [-0.1, -0.05) is 46.6 Å². The molecule has 1 saturated heterocycles. The number of carbonyl (C=O) groups is 1. The molecule has 2 aromatic rings. The van der Waals surface area contributed by atoms with Crippen molar-refractivity contribution < 1.29 is 27.6 Å². The number of amides is 1. The molecule has 0 saturated carbocycles. The Morgan fingerprint density at radius 1 is 1.19 bits per heavy atom. The summed E-state index contributed by atoms with van der Waals surface area (Å²) in [5.74, 6) is 0. The Hall–Kier alpha value is -2.78. The average molecular weight is 468 g/mol. The third-order valence-corrected chi connectivity index (χ3v) is 5.83. The van der Waals surface area contributed by atoms with Crippen molar-refractivity contribution in [3.05, 3.63) is 64.2 Å². The summed E-state index contributed by atoms with van der Waals surface area (Å²) in [5, 5.41) is 7.74. The molecule has 1 amide bonds. The SMILES string of the molecule is Cc1ccc(C2=NOC3(CCN(OC(=O)Nc4ccc(Cl)cc4C(F)(F)F)CC3)C2)cc1. The van der Waals surface area contributed by atoms with Gasteiger partial charge in [0, 0.05) is 37.4 Å². The highest BCUT2D eigenvalue weighted by molar-refractivity contribution is 6.30. The smallest absolute Gasteiger partial charge is 0.388 e. The summed E-state index contributed by atoms with van der Waals surface area (Å²) in [5.41, 5.74) is 1.12. The quantitative estimate of drug-likeness (QED) is 0.620. The number of oxime groups is 1. The van der Waals surface area contributed by atoms with Crippen molar-refractivity contribution in [2.45, 2.75) is 38.0 Å². The minimum atomic E-state index is -4.67. The van der Waals surface area contributed by atoms with Crippen molar-refractivity contribution in [3.63, 3.8) is 0 Å². The Balaban J connectivity index is 1.31. The minimum Gasteiger partial charge on any atom is -0.388 e. The van der Waals surface area contributed by atoms with Gasteiger partial charge in [-0.05, 0) is 30.7 Å². The molecule has 0 bridgehead atoms. The molecule has 10 heteroatoms. The van der Waals surface area contributed by atoms with Crippen molar-refractivity contribution >= 4 is 29.1 Å². The van der Waals surface area contributed by atoms with Crippen LogP contribution in [0.3, 0.4) is 0 Å². The lowest BCUT2D eigenvalue weighted by atomic mass is 9.86. The number of alkyl halides is 3. The Kier molecular flexibility index (Phi) is 6.05. The number of benzene rings is 2. The highest BCUT2D eigenvalue weighted by Crippen LogP contribution is 2.38. The lowest BCUT2D eigenvalue weighted by Gasteiger charge is -2.35. The van der Waals surface area contributed by atoms with Crippen LogP contribution in [0, 0.1) is 6.92 Å². The molecule has 2 aromatic carbocycles. The first-order valence-corrected chi connectivity index (χ1v) is 10.4. The molecular weight excluding hydrogens is 447 g/mol. The normalized spacial score (nSPS) is 18.2. The minimum absolute atomic E-state index is 0.0821. The fraction of sp³-hybridized carbons (Fsp3) is 0.364. The van der Waals surface area contributed by atoms with Gasteiger partial charge in [0.05, 0.1) is 17.0 Å². The van der Waals surface area contributed by atoms with E-state index in [9.17, 15) is 18.0 Å². The van der Waals surface area contributed by atoms with Crippen molar-refractivity contribution in [3.8, 4) is 0 Å². The summed E-state index contributed by atoms with van der Waals surface area (Å²) >= 11 is 5.66. The number of rotatable bonds is 3. The number of nitrogens with one attached hydrogen (secondary N) is 1. The number of nitrogens with zero attached hydrogens (tertiary/aromatic N) is 2. The lowest BCUT2D eigenvalue weighted by Crippen LogP contribution is -2.45. The van der Waals surface area contributed by atoms with Crippen LogP contribution in [0.15, 0.2) is 47.6 Å². The summed E-state index contributed by atoms with van der Waals surface area (Å²) in [6.07, 6.45) is -3.89. The number of aryl methyl sites for hydroxylation is 1. The highest BCUT2D eigenvalue weighted by atomic mass is 35.5. The number of anilines is 1. The lowest BCUT2D eigenvalue weighted by molar-refractivity contribution is -0.154. The number of halogens is 4. The van der Waals surface area contributed by atoms with Crippen LogP contribution in [0.25, 0.3) is 0 Å². The Morgan fingerprint density at radius 3 is 2.53 bits per heavy atom. The topological polar surface area (TPSA) is 63.2 Å². The third-order valence-electron chi connectivity index (χ3n) is 5.59. The standard InChI is InChI=1S/C22H21ClF3N3O3/c1-14-2-4-15(5-3-14)19-13-21(32-28-19)8-10-29(11-9-21)31-20(30)27-18-7-6-16(23)12-17(18)22(24,25)26/h2-7,12H,8-11,13H2,1H3,(H,27,30). The van der Waals surface area contributed by atoms with Crippen LogP contribution in [0.1, 0.15) is 36.0 Å². The molecule has 1 N–H and O–H groups in total. The van der Waals surface area contributed by atoms with Gasteiger partial charge >= 0.3 is 12.3 Å². The Morgan fingerprint density at radius 2 is 1.88 bits per heavy atom. The molecular formula is C22H21ClF3N3O3. The zero-order valence-electron chi connectivity index (χ0n) is 17.2. The summed E-state index contributed by atoms with van der Waals surface area (Å²) in [6, 6.07) is 11.2. The van der Waals surface area contributed by atoms with Crippen LogP contribution in [-0.4, -0.2) is 35.6 Å². The second-order valence-electron chi connectivity index (χ2n) is 7.98. The maximum absolute atomic E-state index is 13.2. The van der Waals surface area contributed by atoms with E-state index in [0.29, 0.717) is 32.4 Å². The molecule has 0 radical (unpaired) electrons. The molecule has 0 aromatic heterocycles. The Labute approximate surface area is 187 Å². The van der Waals surface area contributed by atoms with E-state index in [1.165, 1.54) is 11.1 Å². The molecule has 0 unspecified atom stereocenters. The first kappa shape index (κ1) is 22.4. The molecule has 170 valence electrons. The number of hydroxylamine groups is 2. The molecule has 4 rings (SSSR count). The second kappa shape index (κ2) is 8.63. The van der Waals surface area contributed by atoms with Crippen molar-refractivity contribution in [2.24, 2.45) is 5.16 Å². The van der Waals surface area contributed by atoms with E-state index in [1.54, 1.807) is 0 Å². The largest absolute Gasteiger partial charge is 0.430 e. The molecule has 6 nitrogen and oxygen atoms in total.